The van der Waals surface area contributed by atoms with E-state index < -0.39 is 0 Å². The molecule has 2 heterocycles. The summed E-state index contributed by atoms with van der Waals surface area (Å²) in [5, 5.41) is 7.36. The van der Waals surface area contributed by atoms with Crippen LogP contribution in [-0.4, -0.2) is 28.3 Å². The zero-order chi connectivity index (χ0) is 16.7. The molecule has 1 aromatic carbocycles. The Balaban J connectivity index is 1.59. The van der Waals surface area contributed by atoms with Gasteiger partial charge in [-0.3, -0.25) is 9.48 Å². The Morgan fingerprint density at radius 2 is 2.08 bits per heavy atom. The third kappa shape index (κ3) is 2.58. The Bertz CT molecular complexity index is 751. The number of piperidine rings is 1. The molecule has 126 valence electrons. The van der Waals surface area contributed by atoms with E-state index in [2.05, 4.69) is 27.4 Å². The Kier molecular flexibility index (Phi) is 3.79. The number of hydrogen-bond acceptors (Lipinski definition) is 3. The maximum atomic E-state index is 12.7. The van der Waals surface area contributed by atoms with Crippen LogP contribution in [0.15, 0.2) is 36.5 Å². The Morgan fingerprint density at radius 3 is 2.79 bits per heavy atom. The van der Waals surface area contributed by atoms with Crippen LogP contribution < -0.4 is 10.2 Å². The Hall–Kier alpha value is -2.30. The number of para-hydroxylation sites is 2. The van der Waals surface area contributed by atoms with Crippen LogP contribution in [0.2, 0.25) is 0 Å². The van der Waals surface area contributed by atoms with Crippen molar-refractivity contribution in [3.05, 3.63) is 42.2 Å². The second-order valence-corrected chi connectivity index (χ2v) is 7.21. The van der Waals surface area contributed by atoms with Gasteiger partial charge in [0.1, 0.15) is 5.69 Å². The number of nitrogens with zero attached hydrogens (tertiary/aromatic N) is 3. The molecule has 1 aromatic heterocycles. The molecule has 1 saturated carbocycles. The van der Waals surface area contributed by atoms with E-state index in [0.29, 0.717) is 11.7 Å². The summed E-state index contributed by atoms with van der Waals surface area (Å²) in [6.45, 7) is 5.17. The molecular weight excluding hydrogens is 300 g/mol. The van der Waals surface area contributed by atoms with E-state index in [1.807, 2.05) is 26.0 Å². The van der Waals surface area contributed by atoms with Gasteiger partial charge in [0.25, 0.3) is 5.91 Å². The number of carbonyl (C=O) groups is 1. The number of amides is 1. The lowest BCUT2D eigenvalue weighted by Crippen LogP contribution is -2.32. The van der Waals surface area contributed by atoms with Gasteiger partial charge in [-0.2, -0.15) is 5.10 Å². The molecule has 5 nitrogen and oxygen atoms in total. The first kappa shape index (κ1) is 15.2. The first-order chi connectivity index (χ1) is 11.6. The summed E-state index contributed by atoms with van der Waals surface area (Å²) in [5.74, 6) is 0.721. The highest BCUT2D eigenvalue weighted by Gasteiger charge is 2.38. The molecule has 2 bridgehead atoms. The van der Waals surface area contributed by atoms with Crippen molar-refractivity contribution in [2.45, 2.75) is 45.2 Å². The summed E-state index contributed by atoms with van der Waals surface area (Å²) in [4.78, 5) is 15.2. The molecule has 2 atom stereocenters. The molecule has 2 aliphatic rings. The van der Waals surface area contributed by atoms with Crippen molar-refractivity contribution in [1.82, 2.24) is 9.78 Å². The van der Waals surface area contributed by atoms with Crippen molar-refractivity contribution in [1.29, 1.82) is 0 Å². The smallest absolute Gasteiger partial charge is 0.274 e. The van der Waals surface area contributed by atoms with Crippen LogP contribution in [-0.2, 0) is 0 Å². The van der Waals surface area contributed by atoms with Gasteiger partial charge in [0.15, 0.2) is 0 Å². The van der Waals surface area contributed by atoms with Crippen molar-refractivity contribution in [3.8, 4) is 0 Å². The molecule has 0 radical (unpaired) electrons. The molecule has 24 heavy (non-hydrogen) atoms. The standard InChI is InChI=1S/C19H24N4O/c1-13(2)23-18(9-10-20-23)19(24)21-16-5-3-4-6-17(16)22-12-14-7-8-15(22)11-14/h3-6,9-10,13-15H,7-8,11-12H2,1-2H3,(H,21,24)/t14-,15-/m0/s1. The van der Waals surface area contributed by atoms with Crippen molar-refractivity contribution in [2.24, 2.45) is 5.92 Å². The predicted molar refractivity (Wildman–Crippen MR) is 95.5 cm³/mol. The number of nitrogens with one attached hydrogen (secondary N) is 1. The fourth-order valence-electron chi connectivity index (χ4n) is 4.14. The van der Waals surface area contributed by atoms with E-state index in [9.17, 15) is 4.79 Å². The van der Waals surface area contributed by atoms with Crippen LogP contribution >= 0.6 is 0 Å². The van der Waals surface area contributed by atoms with Crippen LogP contribution in [0.5, 0.6) is 0 Å². The minimum Gasteiger partial charge on any atom is -0.367 e. The Labute approximate surface area is 142 Å². The molecule has 5 heteroatoms. The molecule has 2 fully saturated rings. The number of fused-ring (bicyclic) bond motifs is 2. The lowest BCUT2D eigenvalue weighted by Gasteiger charge is -2.31. The summed E-state index contributed by atoms with van der Waals surface area (Å²) in [5.41, 5.74) is 2.64. The van der Waals surface area contributed by atoms with Crippen LogP contribution in [0.3, 0.4) is 0 Å². The molecule has 0 unspecified atom stereocenters. The predicted octanol–water partition coefficient (Wildman–Crippen LogP) is 3.71. The van der Waals surface area contributed by atoms with Crippen molar-refractivity contribution in [2.75, 3.05) is 16.8 Å². The van der Waals surface area contributed by atoms with E-state index in [0.717, 1.165) is 23.8 Å². The molecule has 0 spiro atoms. The zero-order valence-electron chi connectivity index (χ0n) is 14.3. The Morgan fingerprint density at radius 1 is 1.25 bits per heavy atom. The maximum absolute atomic E-state index is 12.7. The molecule has 4 rings (SSSR count). The van der Waals surface area contributed by atoms with Gasteiger partial charge in [0, 0.05) is 24.8 Å². The SMILES string of the molecule is CC(C)n1nccc1C(=O)Nc1ccccc1N1C[C@H]2CC[C@H]1C2. The average molecular weight is 324 g/mol. The minimum absolute atomic E-state index is 0.0991. The maximum Gasteiger partial charge on any atom is 0.274 e. The third-order valence-electron chi connectivity index (χ3n) is 5.26. The molecule has 1 amide bonds. The number of rotatable bonds is 4. The first-order valence-corrected chi connectivity index (χ1v) is 8.84. The van der Waals surface area contributed by atoms with Crippen LogP contribution in [0.25, 0.3) is 0 Å². The lowest BCUT2D eigenvalue weighted by molar-refractivity contribution is 0.101. The van der Waals surface area contributed by atoms with Gasteiger partial charge >= 0.3 is 0 Å². The van der Waals surface area contributed by atoms with E-state index in [1.165, 1.54) is 19.3 Å². The van der Waals surface area contributed by atoms with E-state index in [1.54, 1.807) is 16.9 Å². The summed E-state index contributed by atoms with van der Waals surface area (Å²) < 4.78 is 1.76. The number of carbonyl (C=O) groups excluding carboxylic acids is 1. The third-order valence-corrected chi connectivity index (χ3v) is 5.26. The molecule has 1 N–H and O–H groups in total. The molecule has 1 aliphatic heterocycles. The lowest BCUT2D eigenvalue weighted by atomic mass is 10.1. The van der Waals surface area contributed by atoms with Gasteiger partial charge in [-0.05, 0) is 57.2 Å². The minimum atomic E-state index is -0.0991. The van der Waals surface area contributed by atoms with E-state index in [4.69, 9.17) is 0 Å². The number of aromatic nitrogens is 2. The number of anilines is 2. The molecular formula is C19H24N4O. The van der Waals surface area contributed by atoms with Gasteiger partial charge in [-0.25, -0.2) is 0 Å². The average Bonchev–Trinajstić information content (AvgIpc) is 3.31. The van der Waals surface area contributed by atoms with Crippen LogP contribution in [0.4, 0.5) is 11.4 Å². The molecule has 1 saturated heterocycles. The summed E-state index contributed by atoms with van der Waals surface area (Å²) in [6, 6.07) is 10.7. The molecule has 1 aliphatic carbocycles. The quantitative estimate of drug-likeness (QED) is 0.933. The molecule has 2 aromatic rings. The van der Waals surface area contributed by atoms with Gasteiger partial charge in [0.05, 0.1) is 11.4 Å². The van der Waals surface area contributed by atoms with Crippen molar-refractivity contribution < 1.29 is 4.79 Å². The second kappa shape index (κ2) is 5.96. The largest absolute Gasteiger partial charge is 0.367 e. The highest BCUT2D eigenvalue weighted by Crippen LogP contribution is 2.42. The van der Waals surface area contributed by atoms with Gasteiger partial charge in [-0.1, -0.05) is 12.1 Å². The number of benzene rings is 1. The van der Waals surface area contributed by atoms with Gasteiger partial charge < -0.3 is 10.2 Å². The van der Waals surface area contributed by atoms with Crippen LogP contribution in [0, 0.1) is 5.92 Å². The van der Waals surface area contributed by atoms with E-state index >= 15 is 0 Å². The highest BCUT2D eigenvalue weighted by atomic mass is 16.2. The monoisotopic (exact) mass is 324 g/mol. The second-order valence-electron chi connectivity index (χ2n) is 7.21. The topological polar surface area (TPSA) is 50.2 Å². The van der Waals surface area contributed by atoms with Crippen LogP contribution in [0.1, 0.15) is 49.6 Å². The number of hydrogen-bond donors (Lipinski definition) is 1. The fourth-order valence-corrected chi connectivity index (χ4v) is 4.14. The van der Waals surface area contributed by atoms with Crippen molar-refractivity contribution in [3.63, 3.8) is 0 Å². The van der Waals surface area contributed by atoms with Gasteiger partial charge in [-0.15, -0.1) is 0 Å². The first-order valence-electron chi connectivity index (χ1n) is 8.84. The van der Waals surface area contributed by atoms with E-state index in [-0.39, 0.29) is 11.9 Å². The van der Waals surface area contributed by atoms with Gasteiger partial charge in [0.2, 0.25) is 0 Å². The summed E-state index contributed by atoms with van der Waals surface area (Å²) in [7, 11) is 0. The highest BCUT2D eigenvalue weighted by molar-refractivity contribution is 6.04. The normalized spacial score (nSPS) is 22.4. The zero-order valence-corrected chi connectivity index (χ0v) is 14.3. The van der Waals surface area contributed by atoms with Crippen molar-refractivity contribution >= 4 is 17.3 Å². The fraction of sp³-hybridized carbons (Fsp3) is 0.474. The summed E-state index contributed by atoms with van der Waals surface area (Å²) >= 11 is 0. The summed E-state index contributed by atoms with van der Waals surface area (Å²) in [6.07, 6.45) is 5.60.